The number of hydrogen-bond donors (Lipinski definition) is 2. The summed E-state index contributed by atoms with van der Waals surface area (Å²) in [6.07, 6.45) is 0. The van der Waals surface area contributed by atoms with Crippen LogP contribution < -0.4 is 10.0 Å². The second kappa shape index (κ2) is 10.8. The Morgan fingerprint density at radius 1 is 1.06 bits per heavy atom. The fourth-order valence-corrected chi connectivity index (χ4v) is 5.09. The molecule has 1 amide bonds. The Kier molecular flexibility index (Phi) is 8.17. The molecule has 0 unspecified atom stereocenters. The van der Waals surface area contributed by atoms with E-state index in [-0.39, 0.29) is 16.6 Å². The largest absolute Gasteiger partial charge is 0.351 e. The van der Waals surface area contributed by atoms with Gasteiger partial charge in [0.15, 0.2) is 0 Å². The fraction of sp³-hybridized carbons (Fsp3) is 0.174. The van der Waals surface area contributed by atoms with Crippen molar-refractivity contribution in [2.24, 2.45) is 0 Å². The minimum absolute atomic E-state index is 0.143. The summed E-state index contributed by atoms with van der Waals surface area (Å²) >= 11 is 7.46. The second-order valence-electron chi connectivity index (χ2n) is 7.01. The zero-order valence-electron chi connectivity index (χ0n) is 17.3. The normalized spacial score (nSPS) is 11.2. The maximum Gasteiger partial charge on any atom is 0.261 e. The molecule has 3 aromatic carbocycles. The Morgan fingerprint density at radius 2 is 1.78 bits per heavy atom. The Bertz CT molecular complexity index is 1180. The van der Waals surface area contributed by atoms with E-state index in [0.29, 0.717) is 39.9 Å². The first-order chi connectivity index (χ1) is 15.3. The van der Waals surface area contributed by atoms with Gasteiger partial charge in [0, 0.05) is 39.9 Å². The molecule has 3 aromatic rings. The molecule has 0 atom stereocenters. The zero-order chi connectivity index (χ0) is 23.1. The van der Waals surface area contributed by atoms with Crippen molar-refractivity contribution < 1.29 is 17.6 Å². The molecule has 5 nitrogen and oxygen atoms in total. The molecule has 0 saturated carbocycles. The van der Waals surface area contributed by atoms with E-state index in [4.69, 9.17) is 11.6 Å². The Labute approximate surface area is 196 Å². The third kappa shape index (κ3) is 6.48. The number of hydrogen-bond acceptors (Lipinski definition) is 4. The van der Waals surface area contributed by atoms with Gasteiger partial charge in [0.2, 0.25) is 0 Å². The first-order valence-corrected chi connectivity index (χ1v) is 12.8. The quantitative estimate of drug-likeness (QED) is 0.400. The van der Waals surface area contributed by atoms with Crippen molar-refractivity contribution >= 4 is 45.0 Å². The van der Waals surface area contributed by atoms with Gasteiger partial charge < -0.3 is 5.32 Å². The first-order valence-electron chi connectivity index (χ1n) is 9.74. The third-order valence-electron chi connectivity index (χ3n) is 4.55. The minimum atomic E-state index is -3.76. The van der Waals surface area contributed by atoms with E-state index in [9.17, 15) is 17.6 Å². The number of amides is 1. The molecule has 0 aliphatic carbocycles. The number of benzene rings is 3. The molecular weight excluding hydrogens is 471 g/mol. The zero-order valence-corrected chi connectivity index (χ0v) is 19.7. The molecule has 0 heterocycles. The summed E-state index contributed by atoms with van der Waals surface area (Å²) in [6, 6.07) is 17.3. The molecule has 0 radical (unpaired) electrons. The summed E-state index contributed by atoms with van der Waals surface area (Å²) in [5.74, 6) is 0.290. The van der Waals surface area contributed by atoms with Crippen molar-refractivity contribution in [3.63, 3.8) is 0 Å². The van der Waals surface area contributed by atoms with Crippen molar-refractivity contribution in [1.82, 2.24) is 5.32 Å². The van der Waals surface area contributed by atoms with Gasteiger partial charge in [-0.1, -0.05) is 41.4 Å². The number of anilines is 1. The molecule has 0 aliphatic heterocycles. The summed E-state index contributed by atoms with van der Waals surface area (Å²) in [6.45, 7) is 2.24. The highest BCUT2D eigenvalue weighted by Crippen LogP contribution is 2.23. The molecule has 0 aromatic heterocycles. The van der Waals surface area contributed by atoms with Crippen molar-refractivity contribution in [2.75, 3.05) is 17.0 Å². The van der Waals surface area contributed by atoms with Gasteiger partial charge in [0.25, 0.3) is 15.9 Å². The van der Waals surface area contributed by atoms with Gasteiger partial charge >= 0.3 is 0 Å². The molecule has 168 valence electrons. The number of thioether (sulfide) groups is 1. The van der Waals surface area contributed by atoms with Crippen LogP contribution in [0.1, 0.15) is 21.5 Å². The van der Waals surface area contributed by atoms with E-state index >= 15 is 0 Å². The number of halogens is 2. The molecule has 0 aliphatic rings. The van der Waals surface area contributed by atoms with Crippen molar-refractivity contribution in [3.8, 4) is 0 Å². The highest BCUT2D eigenvalue weighted by Gasteiger charge is 2.15. The Balaban J connectivity index is 1.53. The topological polar surface area (TPSA) is 75.3 Å². The van der Waals surface area contributed by atoms with Crippen LogP contribution in [0.25, 0.3) is 0 Å². The monoisotopic (exact) mass is 492 g/mol. The molecule has 2 N–H and O–H groups in total. The van der Waals surface area contributed by atoms with Gasteiger partial charge in [-0.2, -0.15) is 11.8 Å². The summed E-state index contributed by atoms with van der Waals surface area (Å²) in [4.78, 5) is 12.6. The van der Waals surface area contributed by atoms with Crippen LogP contribution in [0.15, 0.2) is 71.6 Å². The van der Waals surface area contributed by atoms with Gasteiger partial charge in [-0.25, -0.2) is 12.8 Å². The third-order valence-corrected chi connectivity index (χ3v) is 7.29. The number of carbonyl (C=O) groups excluding carboxylic acids is 1. The van der Waals surface area contributed by atoms with Crippen LogP contribution in [-0.4, -0.2) is 26.6 Å². The molecule has 3 rings (SSSR count). The molecule has 0 spiro atoms. The van der Waals surface area contributed by atoms with Gasteiger partial charge in [0.1, 0.15) is 5.82 Å². The maximum atomic E-state index is 13.8. The van der Waals surface area contributed by atoms with Crippen LogP contribution in [0.3, 0.4) is 0 Å². The smallest absolute Gasteiger partial charge is 0.261 e. The second-order valence-corrected chi connectivity index (χ2v) is 10.2. The molecule has 32 heavy (non-hydrogen) atoms. The van der Waals surface area contributed by atoms with E-state index in [1.807, 2.05) is 6.92 Å². The number of sulfonamides is 1. The van der Waals surface area contributed by atoms with Crippen LogP contribution >= 0.6 is 23.4 Å². The SMILES string of the molecule is Cc1ccc(S(=O)(=O)Nc2cccc(C(=O)NCCSCc3c(F)cccc3Cl)c2)cc1. The number of carbonyl (C=O) groups is 1. The van der Waals surface area contributed by atoms with Gasteiger partial charge in [-0.15, -0.1) is 0 Å². The van der Waals surface area contributed by atoms with Gasteiger partial charge in [-0.3, -0.25) is 9.52 Å². The highest BCUT2D eigenvalue weighted by atomic mass is 35.5. The van der Waals surface area contributed by atoms with Gasteiger partial charge in [-0.05, 0) is 49.4 Å². The highest BCUT2D eigenvalue weighted by molar-refractivity contribution is 7.98. The molecule has 0 fully saturated rings. The molecule has 0 saturated heterocycles. The van der Waals surface area contributed by atoms with Crippen molar-refractivity contribution in [1.29, 1.82) is 0 Å². The van der Waals surface area contributed by atoms with E-state index in [0.717, 1.165) is 5.56 Å². The van der Waals surface area contributed by atoms with Crippen LogP contribution in [0.4, 0.5) is 10.1 Å². The Hall–Kier alpha value is -2.55. The number of aryl methyl sites for hydroxylation is 1. The van der Waals surface area contributed by atoms with E-state index in [2.05, 4.69) is 10.0 Å². The predicted molar refractivity (Wildman–Crippen MR) is 128 cm³/mol. The first kappa shape index (κ1) is 24.1. The molecular formula is C23H22ClFN2O3S2. The van der Waals surface area contributed by atoms with Crippen molar-refractivity contribution in [3.05, 3.63) is 94.3 Å². The van der Waals surface area contributed by atoms with Crippen LogP contribution in [0.5, 0.6) is 0 Å². The lowest BCUT2D eigenvalue weighted by molar-refractivity contribution is 0.0956. The number of rotatable bonds is 9. The lowest BCUT2D eigenvalue weighted by Gasteiger charge is -2.10. The van der Waals surface area contributed by atoms with E-state index < -0.39 is 10.0 Å². The fourth-order valence-electron chi connectivity index (χ4n) is 2.84. The summed E-state index contributed by atoms with van der Waals surface area (Å²) < 4.78 is 41.4. The van der Waals surface area contributed by atoms with E-state index in [1.54, 1.807) is 42.5 Å². The summed E-state index contributed by atoms with van der Waals surface area (Å²) in [7, 11) is -3.76. The lowest BCUT2D eigenvalue weighted by Crippen LogP contribution is -2.26. The number of nitrogens with one attached hydrogen (secondary N) is 2. The Morgan fingerprint density at radius 3 is 2.50 bits per heavy atom. The molecule has 9 heteroatoms. The maximum absolute atomic E-state index is 13.8. The predicted octanol–water partition coefficient (Wildman–Crippen LogP) is 5.25. The van der Waals surface area contributed by atoms with Gasteiger partial charge in [0.05, 0.1) is 4.90 Å². The standard InChI is InChI=1S/C23H22ClFN2O3S2/c1-16-8-10-19(11-9-16)32(29,30)27-18-5-2-4-17(14-18)23(28)26-12-13-31-15-20-21(24)6-3-7-22(20)25/h2-11,14,27H,12-13,15H2,1H3,(H,26,28). The lowest BCUT2D eigenvalue weighted by atomic mass is 10.2. The summed E-state index contributed by atoms with van der Waals surface area (Å²) in [5, 5.41) is 3.16. The van der Waals surface area contributed by atoms with E-state index in [1.165, 1.54) is 36.0 Å². The average molecular weight is 493 g/mol. The van der Waals surface area contributed by atoms with Crippen LogP contribution in [-0.2, 0) is 15.8 Å². The van der Waals surface area contributed by atoms with Crippen molar-refractivity contribution in [2.45, 2.75) is 17.6 Å². The summed E-state index contributed by atoms with van der Waals surface area (Å²) in [5.41, 5.74) is 2.02. The van der Waals surface area contributed by atoms with Crippen LogP contribution in [0, 0.1) is 12.7 Å². The average Bonchev–Trinajstić information content (AvgIpc) is 2.75. The minimum Gasteiger partial charge on any atom is -0.351 e. The van der Waals surface area contributed by atoms with Crippen LogP contribution in [0.2, 0.25) is 5.02 Å². The molecule has 0 bridgehead atoms.